The van der Waals surface area contributed by atoms with Crippen LogP contribution >= 0.6 is 0 Å². The Balaban J connectivity index is 2.52. The molecular formula is C11H23N5O. The first-order valence-electron chi connectivity index (χ1n) is 5.93. The summed E-state index contributed by atoms with van der Waals surface area (Å²) in [5.74, 6) is 6.45. The van der Waals surface area contributed by atoms with Gasteiger partial charge in [0.1, 0.15) is 12.2 Å². The minimum atomic E-state index is -0.159. The summed E-state index contributed by atoms with van der Waals surface area (Å²) in [7, 11) is 0. The molecule has 1 rings (SSSR count). The predicted molar refractivity (Wildman–Crippen MR) is 66.2 cm³/mol. The van der Waals surface area contributed by atoms with Crippen molar-refractivity contribution in [2.24, 2.45) is 5.84 Å². The molecule has 0 aliphatic rings. The van der Waals surface area contributed by atoms with Crippen molar-refractivity contribution in [3.05, 3.63) is 12.2 Å². The lowest BCUT2D eigenvalue weighted by Gasteiger charge is -2.23. The number of aromatic nitrogens is 3. The molecule has 0 aliphatic heterocycles. The molecule has 6 heteroatoms. The van der Waals surface area contributed by atoms with Gasteiger partial charge in [0.2, 0.25) is 0 Å². The maximum atomic E-state index is 5.70. The van der Waals surface area contributed by atoms with Crippen molar-refractivity contribution >= 4 is 0 Å². The van der Waals surface area contributed by atoms with Gasteiger partial charge in [-0.25, -0.2) is 4.98 Å². The largest absolute Gasteiger partial charge is 0.374 e. The average molecular weight is 241 g/mol. The van der Waals surface area contributed by atoms with Gasteiger partial charge >= 0.3 is 0 Å². The van der Waals surface area contributed by atoms with E-state index in [1.54, 1.807) is 6.33 Å². The summed E-state index contributed by atoms with van der Waals surface area (Å²) >= 11 is 0. The van der Waals surface area contributed by atoms with Crippen molar-refractivity contribution in [3.8, 4) is 0 Å². The Kier molecular flexibility index (Phi) is 5.04. The highest BCUT2D eigenvalue weighted by molar-refractivity contribution is 4.89. The molecule has 98 valence electrons. The summed E-state index contributed by atoms with van der Waals surface area (Å²) < 4.78 is 7.57. The predicted octanol–water partition coefficient (Wildman–Crippen LogP) is 0.488. The van der Waals surface area contributed by atoms with Gasteiger partial charge in [0, 0.05) is 13.0 Å². The molecule has 1 unspecified atom stereocenters. The van der Waals surface area contributed by atoms with Crippen molar-refractivity contribution in [1.29, 1.82) is 0 Å². The van der Waals surface area contributed by atoms with E-state index in [1.165, 1.54) is 0 Å². The third-order valence-corrected chi connectivity index (χ3v) is 2.38. The first kappa shape index (κ1) is 14.1. The smallest absolute Gasteiger partial charge is 0.138 e. The fourth-order valence-corrected chi connectivity index (χ4v) is 1.45. The van der Waals surface area contributed by atoms with Crippen molar-refractivity contribution in [1.82, 2.24) is 20.2 Å². The number of hydrazine groups is 1. The van der Waals surface area contributed by atoms with Gasteiger partial charge in [-0.2, -0.15) is 5.10 Å². The van der Waals surface area contributed by atoms with Crippen LogP contribution in [0.5, 0.6) is 0 Å². The molecule has 6 nitrogen and oxygen atoms in total. The van der Waals surface area contributed by atoms with Crippen molar-refractivity contribution < 1.29 is 4.74 Å². The number of nitrogens with zero attached hydrogens (tertiary/aromatic N) is 3. The Morgan fingerprint density at radius 3 is 2.76 bits per heavy atom. The quantitative estimate of drug-likeness (QED) is 0.560. The Hall–Kier alpha value is -0.980. The standard InChI is InChI=1S/C11H23N5O/c1-5-16-10(13-8-14-16)6-9(15-12)7-17-11(2,3)4/h8-9,15H,5-7,12H2,1-4H3. The number of nitrogens with one attached hydrogen (secondary N) is 1. The van der Waals surface area contributed by atoms with Crippen LogP contribution < -0.4 is 11.3 Å². The van der Waals surface area contributed by atoms with Crippen LogP contribution in [0.2, 0.25) is 0 Å². The van der Waals surface area contributed by atoms with Gasteiger partial charge in [-0.05, 0) is 27.7 Å². The Morgan fingerprint density at radius 1 is 1.53 bits per heavy atom. The van der Waals surface area contributed by atoms with Crippen molar-refractivity contribution in [2.75, 3.05) is 6.61 Å². The summed E-state index contributed by atoms with van der Waals surface area (Å²) in [5.41, 5.74) is 2.60. The van der Waals surface area contributed by atoms with Gasteiger partial charge in [0.05, 0.1) is 18.2 Å². The van der Waals surface area contributed by atoms with Gasteiger partial charge in [0.25, 0.3) is 0 Å². The second-order valence-electron chi connectivity index (χ2n) is 4.98. The molecule has 0 radical (unpaired) electrons. The van der Waals surface area contributed by atoms with Crippen LogP contribution in [-0.2, 0) is 17.7 Å². The van der Waals surface area contributed by atoms with E-state index in [0.29, 0.717) is 13.0 Å². The minimum absolute atomic E-state index is 0.0451. The maximum Gasteiger partial charge on any atom is 0.138 e. The minimum Gasteiger partial charge on any atom is -0.374 e. The number of ether oxygens (including phenoxy) is 1. The number of rotatable bonds is 6. The van der Waals surface area contributed by atoms with Gasteiger partial charge in [0.15, 0.2) is 0 Å². The van der Waals surface area contributed by atoms with Crippen LogP contribution in [0.4, 0.5) is 0 Å². The zero-order chi connectivity index (χ0) is 12.9. The third-order valence-electron chi connectivity index (χ3n) is 2.38. The van der Waals surface area contributed by atoms with Crippen LogP contribution in [0.15, 0.2) is 6.33 Å². The van der Waals surface area contributed by atoms with E-state index in [-0.39, 0.29) is 11.6 Å². The van der Waals surface area contributed by atoms with E-state index in [9.17, 15) is 0 Å². The van der Waals surface area contributed by atoms with Crippen molar-refractivity contribution in [3.63, 3.8) is 0 Å². The number of nitrogens with two attached hydrogens (primary N) is 1. The molecule has 3 N–H and O–H groups in total. The summed E-state index contributed by atoms with van der Waals surface area (Å²) in [4.78, 5) is 4.22. The molecule has 1 aromatic rings. The van der Waals surface area contributed by atoms with Crippen LogP contribution in [0, 0.1) is 0 Å². The van der Waals surface area contributed by atoms with Gasteiger partial charge in [-0.3, -0.25) is 16.0 Å². The topological polar surface area (TPSA) is 78.0 Å². The zero-order valence-corrected chi connectivity index (χ0v) is 11.1. The molecule has 0 amide bonds. The Bertz CT molecular complexity index is 331. The summed E-state index contributed by atoms with van der Waals surface area (Å²) in [6, 6.07) is 0.0451. The number of hydrogen-bond donors (Lipinski definition) is 2. The summed E-state index contributed by atoms with van der Waals surface area (Å²) in [6.45, 7) is 9.47. The summed E-state index contributed by atoms with van der Waals surface area (Å²) in [6.07, 6.45) is 2.28. The Labute approximate surface area is 103 Å². The van der Waals surface area contributed by atoms with E-state index in [2.05, 4.69) is 15.5 Å². The van der Waals surface area contributed by atoms with Crippen LogP contribution in [-0.4, -0.2) is 33.0 Å². The average Bonchev–Trinajstić information content (AvgIpc) is 2.70. The second-order valence-corrected chi connectivity index (χ2v) is 4.98. The fraction of sp³-hybridized carbons (Fsp3) is 0.818. The van der Waals surface area contributed by atoms with Crippen LogP contribution in [0.1, 0.15) is 33.5 Å². The molecule has 0 saturated heterocycles. The molecule has 0 aromatic carbocycles. The van der Waals surface area contributed by atoms with Crippen molar-refractivity contribution in [2.45, 2.75) is 52.3 Å². The van der Waals surface area contributed by atoms with E-state index in [4.69, 9.17) is 10.6 Å². The van der Waals surface area contributed by atoms with E-state index >= 15 is 0 Å². The van der Waals surface area contributed by atoms with Gasteiger partial charge in [-0.1, -0.05) is 0 Å². The lowest BCUT2D eigenvalue weighted by molar-refractivity contribution is -0.0146. The summed E-state index contributed by atoms with van der Waals surface area (Å²) in [5, 5.41) is 4.13. The first-order chi connectivity index (χ1) is 7.96. The molecule has 1 aromatic heterocycles. The molecule has 0 saturated carbocycles. The zero-order valence-electron chi connectivity index (χ0n) is 11.1. The molecule has 0 aliphatic carbocycles. The second kappa shape index (κ2) is 6.09. The molecule has 17 heavy (non-hydrogen) atoms. The normalized spacial score (nSPS) is 13.9. The SMILES string of the molecule is CCn1ncnc1CC(COC(C)(C)C)NN. The maximum absolute atomic E-state index is 5.70. The highest BCUT2D eigenvalue weighted by Gasteiger charge is 2.16. The van der Waals surface area contributed by atoms with E-state index < -0.39 is 0 Å². The fourth-order valence-electron chi connectivity index (χ4n) is 1.45. The monoisotopic (exact) mass is 241 g/mol. The number of aryl methyl sites for hydroxylation is 1. The highest BCUT2D eigenvalue weighted by atomic mass is 16.5. The molecule has 1 heterocycles. The van der Waals surface area contributed by atoms with E-state index in [0.717, 1.165) is 12.4 Å². The highest BCUT2D eigenvalue weighted by Crippen LogP contribution is 2.08. The Morgan fingerprint density at radius 2 is 2.24 bits per heavy atom. The molecule has 1 atom stereocenters. The molecule has 0 spiro atoms. The molecule has 0 fully saturated rings. The molecular weight excluding hydrogens is 218 g/mol. The molecule has 0 bridgehead atoms. The third kappa shape index (κ3) is 4.80. The first-order valence-corrected chi connectivity index (χ1v) is 5.93. The lowest BCUT2D eigenvalue weighted by atomic mass is 10.1. The number of hydrogen-bond acceptors (Lipinski definition) is 5. The lowest BCUT2D eigenvalue weighted by Crippen LogP contribution is -2.42. The van der Waals surface area contributed by atoms with E-state index in [1.807, 2.05) is 32.4 Å². The van der Waals surface area contributed by atoms with Gasteiger partial charge in [-0.15, -0.1) is 0 Å². The van der Waals surface area contributed by atoms with Crippen LogP contribution in [0.25, 0.3) is 0 Å². The van der Waals surface area contributed by atoms with Gasteiger partial charge < -0.3 is 4.74 Å². The van der Waals surface area contributed by atoms with Crippen LogP contribution in [0.3, 0.4) is 0 Å².